The molecule has 28 heavy (non-hydrogen) atoms. The Morgan fingerprint density at radius 3 is 2.89 bits per heavy atom. The molecular weight excluding hydrogens is 366 g/mol. The first-order valence-corrected chi connectivity index (χ1v) is 9.19. The van der Waals surface area contributed by atoms with E-state index < -0.39 is 17.6 Å². The van der Waals surface area contributed by atoms with Gasteiger partial charge in [-0.3, -0.25) is 19.8 Å². The number of nitrogens with two attached hydrogens (primary N) is 1. The number of hydrogen-bond donors (Lipinski definition) is 4. The number of amides is 2. The van der Waals surface area contributed by atoms with Gasteiger partial charge in [0.15, 0.2) is 18.2 Å². The Kier molecular flexibility index (Phi) is 5.57. The summed E-state index contributed by atoms with van der Waals surface area (Å²) >= 11 is 0. The van der Waals surface area contributed by atoms with Crippen molar-refractivity contribution < 1.29 is 24.2 Å². The molecule has 2 amide bonds. The van der Waals surface area contributed by atoms with E-state index in [1.165, 1.54) is 4.90 Å². The lowest BCUT2D eigenvalue weighted by atomic mass is 9.94. The second-order valence-electron chi connectivity index (χ2n) is 8.06. The second kappa shape index (κ2) is 7.63. The van der Waals surface area contributed by atoms with Crippen LogP contribution in [0.5, 0.6) is 5.75 Å². The standard InChI is InChI=1S/C18H27N5O5/c1-17(2,3)28-16(26)22-18(6-7-19)8-14(25)23(10-18)12-5-4-11-15(20-12)21-13(24)9-27-11/h4-5,16,22,26H,6-10,19H2,1-3H3,(H,20,21,24). The number of aromatic nitrogens is 1. The van der Waals surface area contributed by atoms with Gasteiger partial charge in [-0.15, -0.1) is 0 Å². The SMILES string of the molecule is CC(C)(C)OC(O)NC1(CCN)CC(=O)N(c2ccc3c(n2)NC(=O)CO3)C1. The van der Waals surface area contributed by atoms with Crippen LogP contribution in [0.2, 0.25) is 0 Å². The zero-order valence-corrected chi connectivity index (χ0v) is 16.3. The highest BCUT2D eigenvalue weighted by Gasteiger charge is 2.45. The van der Waals surface area contributed by atoms with Crippen molar-refractivity contribution >= 4 is 23.5 Å². The maximum atomic E-state index is 12.7. The van der Waals surface area contributed by atoms with E-state index in [9.17, 15) is 14.7 Å². The van der Waals surface area contributed by atoms with Crippen molar-refractivity contribution in [2.75, 3.05) is 29.9 Å². The lowest BCUT2D eigenvalue weighted by Crippen LogP contribution is -2.55. The van der Waals surface area contributed by atoms with E-state index in [-0.39, 0.29) is 37.2 Å². The number of carbonyl (C=O) groups excluding carboxylic acids is 2. The average Bonchev–Trinajstić information content (AvgIpc) is 2.88. The summed E-state index contributed by atoms with van der Waals surface area (Å²) < 4.78 is 10.8. The Bertz CT molecular complexity index is 765. The largest absolute Gasteiger partial charge is 0.480 e. The van der Waals surface area contributed by atoms with Crippen molar-refractivity contribution in [1.82, 2.24) is 10.3 Å². The van der Waals surface area contributed by atoms with E-state index >= 15 is 0 Å². The van der Waals surface area contributed by atoms with Crippen LogP contribution in [0.3, 0.4) is 0 Å². The molecule has 5 N–H and O–H groups in total. The zero-order chi connectivity index (χ0) is 20.5. The van der Waals surface area contributed by atoms with Crippen molar-refractivity contribution in [3.8, 4) is 5.75 Å². The quantitative estimate of drug-likeness (QED) is 0.492. The number of fused-ring (bicyclic) bond motifs is 1. The Balaban J connectivity index is 1.80. The molecule has 1 aromatic heterocycles. The number of aliphatic hydroxyl groups excluding tert-OH is 1. The van der Waals surface area contributed by atoms with E-state index in [1.54, 1.807) is 12.1 Å². The summed E-state index contributed by atoms with van der Waals surface area (Å²) in [5, 5.41) is 15.9. The maximum absolute atomic E-state index is 12.7. The number of hydrogen-bond acceptors (Lipinski definition) is 8. The van der Waals surface area contributed by atoms with Crippen LogP contribution in [-0.4, -0.2) is 59.2 Å². The molecule has 3 heterocycles. The third-order valence-corrected chi connectivity index (χ3v) is 4.51. The van der Waals surface area contributed by atoms with Crippen LogP contribution in [0.1, 0.15) is 33.6 Å². The van der Waals surface area contributed by atoms with E-state index in [4.69, 9.17) is 15.2 Å². The number of carbonyl (C=O) groups is 2. The van der Waals surface area contributed by atoms with Gasteiger partial charge in [0.05, 0.1) is 11.1 Å². The van der Waals surface area contributed by atoms with Crippen LogP contribution >= 0.6 is 0 Å². The highest BCUT2D eigenvalue weighted by atomic mass is 16.6. The smallest absolute Gasteiger partial charge is 0.263 e. The molecule has 2 aliphatic rings. The van der Waals surface area contributed by atoms with Crippen LogP contribution < -0.4 is 26.0 Å². The van der Waals surface area contributed by atoms with E-state index in [0.717, 1.165) is 0 Å². The van der Waals surface area contributed by atoms with Crippen molar-refractivity contribution in [1.29, 1.82) is 0 Å². The fraction of sp³-hybridized carbons (Fsp3) is 0.611. The predicted molar refractivity (Wildman–Crippen MR) is 102 cm³/mol. The predicted octanol–water partition coefficient (Wildman–Crippen LogP) is -0.0826. The maximum Gasteiger partial charge on any atom is 0.263 e. The summed E-state index contributed by atoms with van der Waals surface area (Å²) in [6.45, 7) is 6.00. The molecule has 2 unspecified atom stereocenters. The molecule has 1 saturated heterocycles. The first-order valence-electron chi connectivity index (χ1n) is 9.19. The van der Waals surface area contributed by atoms with Crippen LogP contribution in [0.25, 0.3) is 0 Å². The van der Waals surface area contributed by atoms with Crippen molar-refractivity contribution in [3.05, 3.63) is 12.1 Å². The normalized spacial score (nSPS) is 23.2. The molecule has 1 fully saturated rings. The monoisotopic (exact) mass is 393 g/mol. The third kappa shape index (κ3) is 4.58. The van der Waals surface area contributed by atoms with Crippen molar-refractivity contribution in [3.63, 3.8) is 0 Å². The summed E-state index contributed by atoms with van der Waals surface area (Å²) in [4.78, 5) is 30.1. The Labute approximate surface area is 163 Å². The molecule has 0 spiro atoms. The average molecular weight is 393 g/mol. The minimum atomic E-state index is -1.25. The second-order valence-corrected chi connectivity index (χ2v) is 8.06. The minimum absolute atomic E-state index is 0.0636. The molecule has 154 valence electrons. The van der Waals surface area contributed by atoms with Gasteiger partial charge in [-0.25, -0.2) is 4.98 Å². The number of nitrogens with zero attached hydrogens (tertiary/aromatic N) is 2. The number of nitrogens with one attached hydrogen (secondary N) is 2. The van der Waals surface area contributed by atoms with Gasteiger partial charge in [0.1, 0.15) is 5.82 Å². The Morgan fingerprint density at radius 2 is 2.21 bits per heavy atom. The molecule has 1 aromatic rings. The van der Waals surface area contributed by atoms with E-state index in [2.05, 4.69) is 15.6 Å². The van der Waals surface area contributed by atoms with Gasteiger partial charge in [-0.05, 0) is 45.9 Å². The summed E-state index contributed by atoms with van der Waals surface area (Å²) in [5.41, 5.74) is 4.45. The topological polar surface area (TPSA) is 139 Å². The van der Waals surface area contributed by atoms with Crippen LogP contribution in [0.15, 0.2) is 12.1 Å². The van der Waals surface area contributed by atoms with Crippen molar-refractivity contribution in [2.45, 2.75) is 51.2 Å². The summed E-state index contributed by atoms with van der Waals surface area (Å²) in [5.74, 6) is 0.657. The molecule has 0 aliphatic carbocycles. The lowest BCUT2D eigenvalue weighted by Gasteiger charge is -2.34. The number of pyridine rings is 1. The highest BCUT2D eigenvalue weighted by molar-refractivity contribution is 5.98. The van der Waals surface area contributed by atoms with Gasteiger partial charge in [0.25, 0.3) is 5.91 Å². The van der Waals surface area contributed by atoms with Gasteiger partial charge in [-0.1, -0.05) is 0 Å². The summed E-state index contributed by atoms with van der Waals surface area (Å²) in [6, 6.07) is 3.33. The number of aliphatic hydroxyl groups is 1. The molecule has 0 aromatic carbocycles. The molecule has 0 radical (unpaired) electrons. The Morgan fingerprint density at radius 1 is 1.46 bits per heavy atom. The summed E-state index contributed by atoms with van der Waals surface area (Å²) in [7, 11) is 0. The number of ether oxygens (including phenoxy) is 2. The molecule has 2 atom stereocenters. The van der Waals surface area contributed by atoms with Crippen LogP contribution in [0.4, 0.5) is 11.6 Å². The van der Waals surface area contributed by atoms with E-state index in [1.807, 2.05) is 20.8 Å². The first-order chi connectivity index (χ1) is 13.1. The number of rotatable bonds is 6. The van der Waals surface area contributed by atoms with Gasteiger partial charge in [-0.2, -0.15) is 0 Å². The molecule has 0 saturated carbocycles. The molecule has 0 bridgehead atoms. The first kappa shape index (κ1) is 20.5. The van der Waals surface area contributed by atoms with Gasteiger partial charge >= 0.3 is 0 Å². The Hall–Kier alpha value is -2.27. The minimum Gasteiger partial charge on any atom is -0.480 e. The fourth-order valence-electron chi connectivity index (χ4n) is 3.38. The third-order valence-electron chi connectivity index (χ3n) is 4.51. The van der Waals surface area contributed by atoms with Gasteiger partial charge < -0.3 is 25.6 Å². The molecule has 10 nitrogen and oxygen atoms in total. The molecular formula is C18H27N5O5. The number of anilines is 2. The molecule has 2 aliphatic heterocycles. The van der Waals surface area contributed by atoms with Crippen molar-refractivity contribution in [2.24, 2.45) is 5.73 Å². The zero-order valence-electron chi connectivity index (χ0n) is 16.3. The van der Waals surface area contributed by atoms with E-state index in [0.29, 0.717) is 24.5 Å². The fourth-order valence-corrected chi connectivity index (χ4v) is 3.38. The van der Waals surface area contributed by atoms with Gasteiger partial charge in [0.2, 0.25) is 12.3 Å². The highest BCUT2D eigenvalue weighted by Crippen LogP contribution is 2.33. The summed E-state index contributed by atoms with van der Waals surface area (Å²) in [6.07, 6.45) is -0.649. The molecule has 10 heteroatoms. The lowest BCUT2D eigenvalue weighted by molar-refractivity contribution is -0.191. The van der Waals surface area contributed by atoms with Crippen LogP contribution in [-0.2, 0) is 14.3 Å². The van der Waals surface area contributed by atoms with Gasteiger partial charge in [0, 0.05) is 13.0 Å². The van der Waals surface area contributed by atoms with Crippen LogP contribution in [0, 0.1) is 0 Å². The molecule has 3 rings (SSSR count).